The second-order valence-corrected chi connectivity index (χ2v) is 5.68. The van der Waals surface area contributed by atoms with Crippen molar-refractivity contribution in [1.82, 2.24) is 15.5 Å². The van der Waals surface area contributed by atoms with Crippen molar-refractivity contribution in [1.29, 1.82) is 0 Å². The first-order valence-electron chi connectivity index (χ1n) is 7.29. The molecule has 116 valence electrons. The van der Waals surface area contributed by atoms with Crippen molar-refractivity contribution in [2.75, 3.05) is 7.11 Å². The van der Waals surface area contributed by atoms with Gasteiger partial charge >= 0.3 is 0 Å². The van der Waals surface area contributed by atoms with Gasteiger partial charge in [-0.1, -0.05) is 12.1 Å². The van der Waals surface area contributed by atoms with Crippen LogP contribution >= 0.6 is 0 Å². The summed E-state index contributed by atoms with van der Waals surface area (Å²) in [4.78, 5) is 12.6. The summed E-state index contributed by atoms with van der Waals surface area (Å²) in [5.74, 6) is 0.612. The Morgan fingerprint density at radius 3 is 3.05 bits per heavy atom. The number of amides is 1. The molecule has 2 aromatic rings. The minimum absolute atomic E-state index is 0.180. The first-order chi connectivity index (χ1) is 10.5. The van der Waals surface area contributed by atoms with Crippen molar-refractivity contribution in [3.05, 3.63) is 46.8 Å². The molecule has 0 bridgehead atoms. The first kappa shape index (κ1) is 14.6. The molecule has 22 heavy (non-hydrogen) atoms. The Bertz CT molecular complexity index is 710. The predicted molar refractivity (Wildman–Crippen MR) is 82.4 cm³/mol. The summed E-state index contributed by atoms with van der Waals surface area (Å²) in [6.07, 6.45) is 1.32. The fraction of sp³-hybridized carbons (Fsp3) is 0.375. The molecule has 0 spiro atoms. The smallest absolute Gasteiger partial charge is 0.245 e. The number of hydrogen-bond acceptors (Lipinski definition) is 4. The summed E-state index contributed by atoms with van der Waals surface area (Å²) in [6.45, 7) is 2.28. The van der Waals surface area contributed by atoms with Crippen LogP contribution in [0.4, 0.5) is 0 Å². The Hall–Kier alpha value is -2.34. The maximum absolute atomic E-state index is 12.6. The average molecular weight is 300 g/mol. The molecule has 6 heteroatoms. The summed E-state index contributed by atoms with van der Waals surface area (Å²) < 4.78 is 5.36. The molecule has 1 atom stereocenters. The molecule has 1 aromatic carbocycles. The summed E-state index contributed by atoms with van der Waals surface area (Å²) in [5, 5.41) is 9.85. The van der Waals surface area contributed by atoms with Gasteiger partial charge in [-0.05, 0) is 43.0 Å². The van der Waals surface area contributed by atoms with Gasteiger partial charge in [0.15, 0.2) is 0 Å². The van der Waals surface area contributed by atoms with Crippen molar-refractivity contribution in [2.24, 2.45) is 5.73 Å². The third-order valence-electron chi connectivity index (χ3n) is 4.20. The Balaban J connectivity index is 1.79. The number of aromatic nitrogens is 2. The number of aryl methyl sites for hydroxylation is 1. The molecule has 1 amide bonds. The number of hydrogen-bond donors (Lipinski definition) is 3. The lowest BCUT2D eigenvalue weighted by Gasteiger charge is -2.24. The van der Waals surface area contributed by atoms with E-state index in [0.29, 0.717) is 13.0 Å². The van der Waals surface area contributed by atoms with Crippen molar-refractivity contribution in [3.8, 4) is 5.75 Å². The molecular weight excluding hydrogens is 280 g/mol. The molecule has 6 nitrogen and oxygen atoms in total. The third-order valence-corrected chi connectivity index (χ3v) is 4.20. The standard InChI is InChI=1S/C16H20N4O2/c1-10-8-11(20-19-10)9-18-15(21)16(17)7-6-12-13(16)4-3-5-14(12)22-2/h3-5,8H,6-7,9,17H2,1-2H3,(H,18,21)(H,19,20). The van der Waals surface area contributed by atoms with Gasteiger partial charge in [0.1, 0.15) is 11.3 Å². The van der Waals surface area contributed by atoms with Crippen LogP contribution in [0.25, 0.3) is 0 Å². The van der Waals surface area contributed by atoms with Crippen molar-refractivity contribution in [2.45, 2.75) is 31.8 Å². The van der Waals surface area contributed by atoms with Crippen LogP contribution < -0.4 is 15.8 Å². The van der Waals surface area contributed by atoms with E-state index in [-0.39, 0.29) is 5.91 Å². The Labute approximate surface area is 129 Å². The molecule has 1 aromatic heterocycles. The molecular formula is C16H20N4O2. The van der Waals surface area contributed by atoms with Crippen LogP contribution in [0.3, 0.4) is 0 Å². The number of methoxy groups -OCH3 is 1. The topological polar surface area (TPSA) is 93.0 Å². The van der Waals surface area contributed by atoms with E-state index in [9.17, 15) is 4.79 Å². The number of nitrogens with two attached hydrogens (primary N) is 1. The lowest BCUT2D eigenvalue weighted by molar-refractivity contribution is -0.126. The van der Waals surface area contributed by atoms with E-state index in [1.54, 1.807) is 7.11 Å². The molecule has 0 aliphatic heterocycles. The molecule has 0 fully saturated rings. The zero-order valence-electron chi connectivity index (χ0n) is 12.8. The van der Waals surface area contributed by atoms with Crippen molar-refractivity contribution in [3.63, 3.8) is 0 Å². The van der Waals surface area contributed by atoms with Gasteiger partial charge in [-0.2, -0.15) is 5.10 Å². The van der Waals surface area contributed by atoms with E-state index in [1.807, 2.05) is 31.2 Å². The largest absolute Gasteiger partial charge is 0.496 e. The normalized spacial score (nSPS) is 19.8. The molecule has 3 rings (SSSR count). The van der Waals surface area contributed by atoms with Gasteiger partial charge in [-0.3, -0.25) is 9.89 Å². The highest BCUT2D eigenvalue weighted by Gasteiger charge is 2.42. The number of nitrogens with zero attached hydrogens (tertiary/aromatic N) is 1. The van der Waals surface area contributed by atoms with Gasteiger partial charge in [0, 0.05) is 5.69 Å². The minimum atomic E-state index is -1.00. The van der Waals surface area contributed by atoms with E-state index in [1.165, 1.54) is 0 Å². The van der Waals surface area contributed by atoms with Gasteiger partial charge in [0.25, 0.3) is 0 Å². The van der Waals surface area contributed by atoms with Crippen LogP contribution in [-0.4, -0.2) is 23.2 Å². The van der Waals surface area contributed by atoms with Crippen LogP contribution in [0.1, 0.15) is 28.9 Å². The van der Waals surface area contributed by atoms with Crippen molar-refractivity contribution >= 4 is 5.91 Å². The van der Waals surface area contributed by atoms with E-state index < -0.39 is 5.54 Å². The Morgan fingerprint density at radius 2 is 2.36 bits per heavy atom. The number of benzene rings is 1. The summed E-state index contributed by atoms with van der Waals surface area (Å²) in [7, 11) is 1.63. The number of aromatic amines is 1. The maximum Gasteiger partial charge on any atom is 0.245 e. The maximum atomic E-state index is 12.6. The predicted octanol–water partition coefficient (Wildman–Crippen LogP) is 1.14. The third kappa shape index (κ3) is 2.35. The zero-order valence-corrected chi connectivity index (χ0v) is 12.8. The van der Waals surface area contributed by atoms with Gasteiger partial charge in [0.05, 0.1) is 19.3 Å². The Kier molecular flexibility index (Phi) is 3.62. The molecule has 0 radical (unpaired) electrons. The molecule has 0 saturated carbocycles. The summed E-state index contributed by atoms with van der Waals surface area (Å²) in [6, 6.07) is 7.57. The number of carbonyl (C=O) groups is 1. The number of fused-ring (bicyclic) bond motifs is 1. The fourth-order valence-electron chi connectivity index (χ4n) is 3.02. The zero-order chi connectivity index (χ0) is 15.7. The van der Waals surface area contributed by atoms with E-state index >= 15 is 0 Å². The molecule has 0 saturated heterocycles. The van der Waals surface area contributed by atoms with Gasteiger partial charge in [-0.15, -0.1) is 0 Å². The van der Waals surface area contributed by atoms with Crippen LogP contribution in [0.2, 0.25) is 0 Å². The van der Waals surface area contributed by atoms with Crippen LogP contribution in [0.5, 0.6) is 5.75 Å². The summed E-state index contributed by atoms with van der Waals surface area (Å²) >= 11 is 0. The molecule has 4 N–H and O–H groups in total. The highest BCUT2D eigenvalue weighted by molar-refractivity contribution is 5.89. The van der Waals surface area contributed by atoms with E-state index in [0.717, 1.165) is 34.7 Å². The molecule has 1 aliphatic carbocycles. The second-order valence-electron chi connectivity index (χ2n) is 5.68. The second kappa shape index (κ2) is 5.46. The van der Waals surface area contributed by atoms with Gasteiger partial charge < -0.3 is 15.8 Å². The number of rotatable bonds is 4. The number of H-pyrrole nitrogens is 1. The van der Waals surface area contributed by atoms with Crippen LogP contribution in [-0.2, 0) is 23.3 Å². The SMILES string of the molecule is COc1cccc2c1CCC2(N)C(=O)NCc1cc(C)[nH]n1. The highest BCUT2D eigenvalue weighted by atomic mass is 16.5. The average Bonchev–Trinajstić information content (AvgIpc) is 3.09. The first-order valence-corrected chi connectivity index (χ1v) is 7.29. The monoisotopic (exact) mass is 300 g/mol. The number of carbonyl (C=O) groups excluding carboxylic acids is 1. The number of ether oxygens (including phenoxy) is 1. The quantitative estimate of drug-likeness (QED) is 0.789. The minimum Gasteiger partial charge on any atom is -0.496 e. The molecule has 1 unspecified atom stereocenters. The van der Waals surface area contributed by atoms with Crippen LogP contribution in [0, 0.1) is 6.92 Å². The highest BCUT2D eigenvalue weighted by Crippen LogP contribution is 2.39. The number of nitrogens with one attached hydrogen (secondary N) is 2. The van der Waals surface area contributed by atoms with Gasteiger partial charge in [-0.25, -0.2) is 0 Å². The van der Waals surface area contributed by atoms with E-state index in [2.05, 4.69) is 15.5 Å². The lowest BCUT2D eigenvalue weighted by atomic mass is 9.92. The summed E-state index contributed by atoms with van der Waals surface area (Å²) in [5.41, 5.74) is 9.03. The molecule has 1 heterocycles. The molecule has 1 aliphatic rings. The fourth-order valence-corrected chi connectivity index (χ4v) is 3.02. The van der Waals surface area contributed by atoms with Gasteiger partial charge in [0.2, 0.25) is 5.91 Å². The Morgan fingerprint density at radius 1 is 1.55 bits per heavy atom. The van der Waals surface area contributed by atoms with Crippen molar-refractivity contribution < 1.29 is 9.53 Å². The van der Waals surface area contributed by atoms with Crippen LogP contribution in [0.15, 0.2) is 24.3 Å². The van der Waals surface area contributed by atoms with E-state index in [4.69, 9.17) is 10.5 Å². The lowest BCUT2D eigenvalue weighted by Crippen LogP contribution is -2.49.